The summed E-state index contributed by atoms with van der Waals surface area (Å²) in [6, 6.07) is 24.1. The van der Waals surface area contributed by atoms with Crippen LogP contribution in [0.15, 0.2) is 97.3 Å². The molecule has 0 atom stereocenters. The number of benzene rings is 4. The summed E-state index contributed by atoms with van der Waals surface area (Å²) in [6.07, 6.45) is -2.98. The van der Waals surface area contributed by atoms with E-state index in [2.05, 4.69) is 4.98 Å². The lowest BCUT2D eigenvalue weighted by Crippen LogP contribution is -2.05. The van der Waals surface area contributed by atoms with Crippen LogP contribution in [0.25, 0.3) is 28.2 Å². The first kappa shape index (κ1) is 26.8. The molecule has 0 saturated carbocycles. The second kappa shape index (κ2) is 11.1. The van der Waals surface area contributed by atoms with E-state index in [4.69, 9.17) is 14.2 Å². The third-order valence-electron chi connectivity index (χ3n) is 6.34. The summed E-state index contributed by atoms with van der Waals surface area (Å²) in [5, 5.41) is 0. The summed E-state index contributed by atoms with van der Waals surface area (Å²) in [7, 11) is 2.90. The van der Waals surface area contributed by atoms with Crippen molar-refractivity contribution in [1.29, 1.82) is 0 Å². The zero-order valence-electron chi connectivity index (χ0n) is 21.6. The topological polar surface area (TPSA) is 45.5 Å². The predicted octanol–water partition coefficient (Wildman–Crippen LogP) is 7.96. The number of methoxy groups -OCH3 is 2. The molecule has 0 radical (unpaired) electrons. The number of aromatic nitrogens is 2. The second-order valence-electron chi connectivity index (χ2n) is 8.85. The molecule has 9 heteroatoms. The average molecular weight is 549 g/mol. The maximum absolute atomic E-state index is 14.7. The van der Waals surface area contributed by atoms with Crippen LogP contribution in [-0.4, -0.2) is 23.8 Å². The monoisotopic (exact) mass is 548 g/mol. The molecule has 204 valence electrons. The number of alkyl halides is 3. The highest BCUT2D eigenvalue weighted by Crippen LogP contribution is 2.39. The molecule has 1 heterocycles. The quantitative estimate of drug-likeness (QED) is 0.185. The minimum Gasteiger partial charge on any atom is -0.494 e. The number of ether oxygens (including phenoxy) is 3. The van der Waals surface area contributed by atoms with Gasteiger partial charge in [-0.1, -0.05) is 30.3 Å². The van der Waals surface area contributed by atoms with Crippen molar-refractivity contribution < 1.29 is 31.8 Å². The van der Waals surface area contributed by atoms with E-state index in [0.29, 0.717) is 39.7 Å². The highest BCUT2D eigenvalue weighted by molar-refractivity contribution is 5.81. The standard InChI is InChI=1S/C31H24F4N2O3/c1-38-26-14-8-21(16-25(26)32)29-30(37(19-36-29)24-12-10-23(11-13-24)31(33,34)35)22-9-15-27(39-2)28(17-22)40-18-20-6-4-3-5-7-20/h3-17,19H,18H2,1-2H3. The van der Waals surface area contributed by atoms with E-state index in [-0.39, 0.29) is 12.4 Å². The fraction of sp³-hybridized carbons (Fsp3) is 0.129. The minimum absolute atomic E-state index is 0.0773. The average Bonchev–Trinajstić information content (AvgIpc) is 3.41. The molecule has 0 amide bonds. The SMILES string of the molecule is COc1ccc(-c2ncn(-c3ccc(C(F)(F)F)cc3)c2-c2ccc(OC)c(OCc3ccccc3)c2)cc1F. The van der Waals surface area contributed by atoms with Crippen LogP contribution in [0.1, 0.15) is 11.1 Å². The molecule has 0 aliphatic heterocycles. The molecule has 5 aromatic rings. The van der Waals surface area contributed by atoms with Gasteiger partial charge in [-0.15, -0.1) is 0 Å². The van der Waals surface area contributed by atoms with E-state index in [1.807, 2.05) is 30.3 Å². The predicted molar refractivity (Wildman–Crippen MR) is 143 cm³/mol. The van der Waals surface area contributed by atoms with Gasteiger partial charge in [0, 0.05) is 16.8 Å². The number of imidazole rings is 1. The van der Waals surface area contributed by atoms with Crippen molar-refractivity contribution >= 4 is 0 Å². The van der Waals surface area contributed by atoms with E-state index in [9.17, 15) is 17.6 Å². The summed E-state index contributed by atoms with van der Waals surface area (Å²) in [6.45, 7) is 0.287. The Kier molecular flexibility index (Phi) is 7.46. The van der Waals surface area contributed by atoms with Gasteiger partial charge in [0.15, 0.2) is 23.1 Å². The zero-order chi connectivity index (χ0) is 28.3. The largest absolute Gasteiger partial charge is 0.494 e. The van der Waals surface area contributed by atoms with E-state index < -0.39 is 17.6 Å². The summed E-state index contributed by atoms with van der Waals surface area (Å²) in [4.78, 5) is 4.53. The van der Waals surface area contributed by atoms with E-state index in [0.717, 1.165) is 17.7 Å². The van der Waals surface area contributed by atoms with Crippen molar-refractivity contribution in [3.05, 3.63) is 114 Å². The van der Waals surface area contributed by atoms with Crippen LogP contribution < -0.4 is 14.2 Å². The molecule has 0 fully saturated rings. The summed E-state index contributed by atoms with van der Waals surface area (Å²) < 4.78 is 72.6. The smallest absolute Gasteiger partial charge is 0.416 e. The fourth-order valence-corrected chi connectivity index (χ4v) is 4.33. The zero-order valence-corrected chi connectivity index (χ0v) is 21.6. The van der Waals surface area contributed by atoms with Gasteiger partial charge in [0.1, 0.15) is 12.9 Å². The van der Waals surface area contributed by atoms with E-state index in [1.165, 1.54) is 44.8 Å². The number of halogens is 4. The van der Waals surface area contributed by atoms with Crippen LogP contribution >= 0.6 is 0 Å². The van der Waals surface area contributed by atoms with Gasteiger partial charge in [0.05, 0.1) is 31.2 Å². The lowest BCUT2D eigenvalue weighted by molar-refractivity contribution is -0.137. The molecule has 0 N–H and O–H groups in total. The lowest BCUT2D eigenvalue weighted by Gasteiger charge is -2.16. The summed E-state index contributed by atoms with van der Waals surface area (Å²) in [5.41, 5.74) is 2.67. The summed E-state index contributed by atoms with van der Waals surface area (Å²) in [5.74, 6) is 0.457. The van der Waals surface area contributed by atoms with Gasteiger partial charge in [-0.25, -0.2) is 9.37 Å². The van der Waals surface area contributed by atoms with Crippen LogP contribution in [0.5, 0.6) is 17.2 Å². The Morgan fingerprint density at radius 2 is 1.43 bits per heavy atom. The Morgan fingerprint density at radius 1 is 0.750 bits per heavy atom. The normalized spacial score (nSPS) is 11.3. The first-order valence-electron chi connectivity index (χ1n) is 12.2. The van der Waals surface area contributed by atoms with E-state index >= 15 is 0 Å². The van der Waals surface area contributed by atoms with Crippen molar-refractivity contribution in [2.75, 3.05) is 14.2 Å². The van der Waals surface area contributed by atoms with Gasteiger partial charge in [0.25, 0.3) is 0 Å². The maximum Gasteiger partial charge on any atom is 0.416 e. The number of hydrogen-bond acceptors (Lipinski definition) is 4. The number of rotatable bonds is 8. The van der Waals surface area contributed by atoms with Crippen molar-refractivity contribution in [3.63, 3.8) is 0 Å². The van der Waals surface area contributed by atoms with Crippen LogP contribution in [0, 0.1) is 5.82 Å². The molecule has 0 unspecified atom stereocenters. The molecule has 5 rings (SSSR count). The number of hydrogen-bond donors (Lipinski definition) is 0. The maximum atomic E-state index is 14.7. The Morgan fingerprint density at radius 3 is 2.08 bits per heavy atom. The van der Waals surface area contributed by atoms with Crippen LogP contribution in [-0.2, 0) is 12.8 Å². The van der Waals surface area contributed by atoms with Gasteiger partial charge in [-0.2, -0.15) is 13.2 Å². The highest BCUT2D eigenvalue weighted by atomic mass is 19.4. The second-order valence-corrected chi connectivity index (χ2v) is 8.85. The van der Waals surface area contributed by atoms with Crippen LogP contribution in [0.3, 0.4) is 0 Å². The number of nitrogens with zero attached hydrogens (tertiary/aromatic N) is 2. The molecule has 0 saturated heterocycles. The molecule has 0 aliphatic rings. The molecule has 0 bridgehead atoms. The third kappa shape index (κ3) is 5.49. The van der Waals surface area contributed by atoms with Crippen molar-refractivity contribution in [1.82, 2.24) is 9.55 Å². The lowest BCUT2D eigenvalue weighted by atomic mass is 10.0. The molecule has 5 nitrogen and oxygen atoms in total. The molecular formula is C31H24F4N2O3. The minimum atomic E-state index is -4.47. The molecular weight excluding hydrogens is 524 g/mol. The van der Waals surface area contributed by atoms with Crippen molar-refractivity contribution in [3.8, 4) is 45.5 Å². The van der Waals surface area contributed by atoms with Gasteiger partial charge in [-0.3, -0.25) is 4.57 Å². The van der Waals surface area contributed by atoms with Gasteiger partial charge in [0.2, 0.25) is 0 Å². The third-order valence-corrected chi connectivity index (χ3v) is 6.34. The fourth-order valence-electron chi connectivity index (χ4n) is 4.33. The first-order valence-corrected chi connectivity index (χ1v) is 12.2. The van der Waals surface area contributed by atoms with Crippen LogP contribution in [0.4, 0.5) is 17.6 Å². The first-order chi connectivity index (χ1) is 19.3. The Balaban J connectivity index is 1.63. The Bertz CT molecular complexity index is 1610. The molecule has 0 aliphatic carbocycles. The highest BCUT2D eigenvalue weighted by Gasteiger charge is 2.30. The molecule has 40 heavy (non-hydrogen) atoms. The molecule has 0 spiro atoms. The van der Waals surface area contributed by atoms with E-state index in [1.54, 1.807) is 28.8 Å². The molecule has 1 aromatic heterocycles. The van der Waals surface area contributed by atoms with Gasteiger partial charge < -0.3 is 14.2 Å². The Labute approximate surface area is 228 Å². The Hall–Kier alpha value is -4.79. The van der Waals surface area contributed by atoms with Gasteiger partial charge >= 0.3 is 6.18 Å². The summed E-state index contributed by atoms with van der Waals surface area (Å²) >= 11 is 0. The molecule has 4 aromatic carbocycles. The van der Waals surface area contributed by atoms with Gasteiger partial charge in [-0.05, 0) is 66.2 Å². The van der Waals surface area contributed by atoms with Crippen molar-refractivity contribution in [2.24, 2.45) is 0 Å². The van der Waals surface area contributed by atoms with Crippen molar-refractivity contribution in [2.45, 2.75) is 12.8 Å². The van der Waals surface area contributed by atoms with Crippen LogP contribution in [0.2, 0.25) is 0 Å².